The summed E-state index contributed by atoms with van der Waals surface area (Å²) in [5, 5.41) is 3.81. The summed E-state index contributed by atoms with van der Waals surface area (Å²) in [6, 6.07) is 3.94. The molecule has 0 aromatic heterocycles. The van der Waals surface area contributed by atoms with Crippen molar-refractivity contribution in [3.8, 4) is 5.75 Å². The molecule has 2 atom stereocenters. The van der Waals surface area contributed by atoms with Crippen LogP contribution in [0.1, 0.15) is 30.5 Å². The van der Waals surface area contributed by atoms with Crippen molar-refractivity contribution in [1.82, 2.24) is 5.32 Å². The van der Waals surface area contributed by atoms with Crippen molar-refractivity contribution in [3.05, 3.63) is 29.1 Å². The first-order chi connectivity index (χ1) is 8.17. The van der Waals surface area contributed by atoms with Crippen molar-refractivity contribution in [2.24, 2.45) is 0 Å². The van der Waals surface area contributed by atoms with Gasteiger partial charge in [0.2, 0.25) is 0 Å². The summed E-state index contributed by atoms with van der Waals surface area (Å²) < 4.78 is 19.2. The molecule has 17 heavy (non-hydrogen) atoms. The quantitative estimate of drug-likeness (QED) is 0.877. The molecule has 0 saturated carbocycles. The minimum atomic E-state index is -0.202. The van der Waals surface area contributed by atoms with Gasteiger partial charge in [-0.15, -0.1) is 0 Å². The second-order valence-corrected chi connectivity index (χ2v) is 5.77. The van der Waals surface area contributed by atoms with Gasteiger partial charge >= 0.3 is 0 Å². The Kier molecular flexibility index (Phi) is 3.94. The minimum Gasteiger partial charge on any atom is -0.494 e. The number of thioether (sulfide) groups is 1. The van der Waals surface area contributed by atoms with E-state index in [4.69, 9.17) is 4.74 Å². The summed E-state index contributed by atoms with van der Waals surface area (Å²) in [6.07, 6.45) is 1.03. The zero-order chi connectivity index (χ0) is 12.4. The molecule has 0 spiro atoms. The number of ether oxygens (including phenoxy) is 1. The van der Waals surface area contributed by atoms with Crippen LogP contribution in [0.4, 0.5) is 4.39 Å². The fraction of sp³-hybridized carbons (Fsp3) is 0.538. The fourth-order valence-corrected chi connectivity index (χ4v) is 3.34. The van der Waals surface area contributed by atoms with Crippen LogP contribution >= 0.6 is 11.8 Å². The van der Waals surface area contributed by atoms with Crippen LogP contribution in [-0.2, 0) is 5.75 Å². The van der Waals surface area contributed by atoms with Crippen LogP contribution in [0.25, 0.3) is 0 Å². The minimum absolute atomic E-state index is 0.202. The molecule has 2 nitrogen and oxygen atoms in total. The third kappa shape index (κ3) is 2.43. The Hall–Kier alpha value is -0.740. The van der Waals surface area contributed by atoms with Crippen molar-refractivity contribution >= 4 is 11.8 Å². The van der Waals surface area contributed by atoms with Crippen LogP contribution < -0.4 is 10.1 Å². The molecule has 0 aliphatic carbocycles. The molecule has 1 aliphatic rings. The fourth-order valence-electron chi connectivity index (χ4n) is 2.27. The number of benzene rings is 1. The summed E-state index contributed by atoms with van der Waals surface area (Å²) in [5.41, 5.74) is 1.86. The normalized spacial score (nSPS) is 24.0. The Morgan fingerprint density at radius 1 is 1.47 bits per heavy atom. The van der Waals surface area contributed by atoms with E-state index in [1.807, 2.05) is 13.1 Å². The summed E-state index contributed by atoms with van der Waals surface area (Å²) in [7, 11) is 3.44. The van der Waals surface area contributed by atoms with Crippen LogP contribution in [0.3, 0.4) is 0 Å². The summed E-state index contributed by atoms with van der Waals surface area (Å²) in [6.45, 7) is 2.19. The van der Waals surface area contributed by atoms with Gasteiger partial charge in [-0.25, -0.2) is 4.39 Å². The van der Waals surface area contributed by atoms with Gasteiger partial charge in [-0.1, -0.05) is 13.0 Å². The summed E-state index contributed by atoms with van der Waals surface area (Å²) in [4.78, 5) is 0. The third-order valence-corrected chi connectivity index (χ3v) is 4.48. The van der Waals surface area contributed by atoms with Gasteiger partial charge in [-0.3, -0.25) is 0 Å². The van der Waals surface area contributed by atoms with Crippen LogP contribution in [0.5, 0.6) is 5.75 Å². The predicted octanol–water partition coefficient (Wildman–Crippen LogP) is 3.12. The van der Waals surface area contributed by atoms with Crippen molar-refractivity contribution in [2.45, 2.75) is 30.4 Å². The molecule has 0 radical (unpaired) electrons. The van der Waals surface area contributed by atoms with Crippen LogP contribution in [0.15, 0.2) is 12.1 Å². The van der Waals surface area contributed by atoms with E-state index in [1.165, 1.54) is 7.11 Å². The Bertz CT molecular complexity index is 411. The molecule has 2 rings (SSSR count). The summed E-state index contributed by atoms with van der Waals surface area (Å²) >= 11 is 1.80. The van der Waals surface area contributed by atoms with Gasteiger partial charge in [0, 0.05) is 22.6 Å². The van der Waals surface area contributed by atoms with E-state index in [2.05, 4.69) is 12.2 Å². The van der Waals surface area contributed by atoms with E-state index < -0.39 is 0 Å². The maximum Gasteiger partial charge on any atom is 0.169 e. The number of halogens is 1. The first-order valence-electron chi connectivity index (χ1n) is 5.81. The molecule has 1 N–H and O–H groups in total. The highest BCUT2D eigenvalue weighted by atomic mass is 32.2. The van der Waals surface area contributed by atoms with Crippen molar-refractivity contribution in [2.75, 3.05) is 14.2 Å². The Morgan fingerprint density at radius 2 is 2.24 bits per heavy atom. The van der Waals surface area contributed by atoms with E-state index in [-0.39, 0.29) is 11.9 Å². The first-order valence-corrected chi connectivity index (χ1v) is 6.86. The topological polar surface area (TPSA) is 21.3 Å². The molecule has 1 aliphatic heterocycles. The zero-order valence-corrected chi connectivity index (χ0v) is 11.2. The highest BCUT2D eigenvalue weighted by molar-refractivity contribution is 7.99. The highest BCUT2D eigenvalue weighted by Crippen LogP contribution is 2.38. The highest BCUT2D eigenvalue weighted by Gasteiger charge is 2.25. The Labute approximate surface area is 106 Å². The van der Waals surface area contributed by atoms with Crippen molar-refractivity contribution in [1.29, 1.82) is 0 Å². The molecule has 4 heteroatoms. The van der Waals surface area contributed by atoms with Gasteiger partial charge in [0.25, 0.3) is 0 Å². The standard InChI is InChI=1S/C13H18FNOS/c1-8-6-11(15-2)9-4-5-12(16-3)13(14)10(9)7-17-8/h4-5,8,11,15H,6-7H2,1-3H3. The molecule has 1 heterocycles. The van der Waals surface area contributed by atoms with E-state index in [1.54, 1.807) is 17.8 Å². The number of nitrogens with one attached hydrogen (secondary N) is 1. The Balaban J connectivity index is 2.47. The number of fused-ring (bicyclic) bond motifs is 1. The third-order valence-electron chi connectivity index (χ3n) is 3.27. The van der Waals surface area contributed by atoms with Gasteiger partial charge in [0.05, 0.1) is 7.11 Å². The summed E-state index contributed by atoms with van der Waals surface area (Å²) in [5.74, 6) is 0.859. The second-order valence-electron chi connectivity index (χ2n) is 4.35. The molecule has 1 aromatic rings. The van der Waals surface area contributed by atoms with Gasteiger partial charge in [-0.2, -0.15) is 11.8 Å². The molecule has 0 amide bonds. The molecule has 0 bridgehead atoms. The molecule has 0 saturated heterocycles. The molecule has 2 unspecified atom stereocenters. The average Bonchev–Trinajstić information content (AvgIpc) is 2.50. The molecular formula is C13H18FNOS. The molecule has 94 valence electrons. The van der Waals surface area contributed by atoms with Crippen LogP contribution in [-0.4, -0.2) is 19.4 Å². The molecule has 1 aromatic carbocycles. The maximum atomic E-state index is 14.2. The van der Waals surface area contributed by atoms with E-state index in [0.29, 0.717) is 11.0 Å². The second kappa shape index (κ2) is 5.27. The SMILES string of the molecule is CNC1CC(C)SCc2c1ccc(OC)c2F. The van der Waals surface area contributed by atoms with Gasteiger partial charge < -0.3 is 10.1 Å². The van der Waals surface area contributed by atoms with Gasteiger partial charge in [-0.05, 0) is 25.1 Å². The predicted molar refractivity (Wildman–Crippen MR) is 70.1 cm³/mol. The molecule has 0 fully saturated rings. The maximum absolute atomic E-state index is 14.2. The lowest BCUT2D eigenvalue weighted by molar-refractivity contribution is 0.383. The first kappa shape index (κ1) is 12.7. The Morgan fingerprint density at radius 3 is 2.88 bits per heavy atom. The van der Waals surface area contributed by atoms with Gasteiger partial charge in [0.15, 0.2) is 11.6 Å². The van der Waals surface area contributed by atoms with Crippen LogP contribution in [0.2, 0.25) is 0 Å². The van der Waals surface area contributed by atoms with Gasteiger partial charge in [0.1, 0.15) is 0 Å². The number of methoxy groups -OCH3 is 1. The lowest BCUT2D eigenvalue weighted by atomic mass is 9.97. The van der Waals surface area contributed by atoms with Crippen molar-refractivity contribution in [3.63, 3.8) is 0 Å². The molecular weight excluding hydrogens is 237 g/mol. The lowest BCUT2D eigenvalue weighted by Gasteiger charge is -2.19. The number of hydrogen-bond donors (Lipinski definition) is 1. The average molecular weight is 255 g/mol. The smallest absolute Gasteiger partial charge is 0.169 e. The monoisotopic (exact) mass is 255 g/mol. The number of rotatable bonds is 2. The zero-order valence-electron chi connectivity index (χ0n) is 10.4. The van der Waals surface area contributed by atoms with E-state index in [0.717, 1.165) is 23.3 Å². The van der Waals surface area contributed by atoms with Crippen LogP contribution in [0, 0.1) is 5.82 Å². The van der Waals surface area contributed by atoms with E-state index in [9.17, 15) is 4.39 Å². The largest absolute Gasteiger partial charge is 0.494 e. The van der Waals surface area contributed by atoms with Crippen molar-refractivity contribution < 1.29 is 9.13 Å². The lowest BCUT2D eigenvalue weighted by Crippen LogP contribution is -2.19. The number of hydrogen-bond acceptors (Lipinski definition) is 3. The van der Waals surface area contributed by atoms with E-state index >= 15 is 0 Å².